The van der Waals surface area contributed by atoms with Crippen LogP contribution in [-0.2, 0) is 0 Å². The first kappa shape index (κ1) is 16.8. The number of aromatic nitrogens is 3. The molecule has 1 amide bonds. The molecule has 0 saturated carbocycles. The summed E-state index contributed by atoms with van der Waals surface area (Å²) in [5.74, 6) is 0.705. The van der Waals surface area contributed by atoms with Gasteiger partial charge < -0.3 is 4.90 Å². The lowest BCUT2D eigenvalue weighted by atomic mass is 10.2. The van der Waals surface area contributed by atoms with Crippen molar-refractivity contribution < 1.29 is 4.79 Å². The summed E-state index contributed by atoms with van der Waals surface area (Å²) < 4.78 is 1.72. The Labute approximate surface area is 157 Å². The van der Waals surface area contributed by atoms with E-state index in [1.807, 2.05) is 60.0 Å². The molecule has 1 aliphatic rings. The van der Waals surface area contributed by atoms with Crippen molar-refractivity contribution in [3.8, 4) is 5.82 Å². The van der Waals surface area contributed by atoms with E-state index >= 15 is 0 Å². The molecule has 0 aliphatic carbocycles. The third kappa shape index (κ3) is 3.01. The first-order valence-electron chi connectivity index (χ1n) is 8.68. The second-order valence-corrected chi connectivity index (χ2v) is 7.87. The molecule has 0 spiro atoms. The monoisotopic (exact) mass is 364 g/mol. The fourth-order valence-electron chi connectivity index (χ4n) is 3.17. The zero-order valence-electron chi connectivity index (χ0n) is 14.8. The van der Waals surface area contributed by atoms with E-state index < -0.39 is 0 Å². The average molecular weight is 364 g/mol. The molecular weight excluding hydrogens is 344 g/mol. The average Bonchev–Trinajstić information content (AvgIpc) is 2.96. The molecule has 0 radical (unpaired) electrons. The molecule has 1 atom stereocenters. The molecule has 3 heterocycles. The van der Waals surface area contributed by atoms with Crippen molar-refractivity contribution >= 4 is 23.4 Å². The Morgan fingerprint density at radius 2 is 2.00 bits per heavy atom. The van der Waals surface area contributed by atoms with Gasteiger partial charge >= 0.3 is 0 Å². The normalized spacial score (nSPS) is 16.8. The van der Waals surface area contributed by atoms with E-state index in [9.17, 15) is 4.79 Å². The van der Waals surface area contributed by atoms with Gasteiger partial charge in [0.15, 0.2) is 5.82 Å². The lowest BCUT2D eigenvalue weighted by Gasteiger charge is -2.22. The highest BCUT2D eigenvalue weighted by atomic mass is 32.2. The summed E-state index contributed by atoms with van der Waals surface area (Å²) in [7, 11) is 0. The number of amides is 1. The van der Waals surface area contributed by atoms with Crippen LogP contribution >= 0.6 is 11.8 Å². The summed E-state index contributed by atoms with van der Waals surface area (Å²) in [4.78, 5) is 20.7. The lowest BCUT2D eigenvalue weighted by molar-refractivity contribution is 0.0986. The molecule has 0 fully saturated rings. The SMILES string of the molecule is Cc1c(C(=O)N2CC[C@H](C)Sc3ccccc32)cnn1-c1ccccn1. The number of fused-ring (bicyclic) bond motifs is 1. The summed E-state index contributed by atoms with van der Waals surface area (Å²) in [5, 5.41) is 4.88. The van der Waals surface area contributed by atoms with Crippen molar-refractivity contribution in [2.24, 2.45) is 0 Å². The number of carbonyl (C=O) groups is 1. The highest BCUT2D eigenvalue weighted by molar-refractivity contribution is 8.00. The van der Waals surface area contributed by atoms with E-state index in [1.165, 1.54) is 0 Å². The molecule has 0 N–H and O–H groups in total. The van der Waals surface area contributed by atoms with Crippen molar-refractivity contribution in [2.45, 2.75) is 30.4 Å². The largest absolute Gasteiger partial charge is 0.307 e. The minimum atomic E-state index is -0.00756. The number of rotatable bonds is 2. The fourth-order valence-corrected chi connectivity index (χ4v) is 4.29. The van der Waals surface area contributed by atoms with Gasteiger partial charge in [0.25, 0.3) is 5.91 Å². The predicted octanol–water partition coefficient (Wildman–Crippen LogP) is 4.11. The third-order valence-corrected chi connectivity index (χ3v) is 5.83. The fraction of sp³-hybridized carbons (Fsp3) is 0.250. The summed E-state index contributed by atoms with van der Waals surface area (Å²) in [6.45, 7) is 4.83. The lowest BCUT2D eigenvalue weighted by Crippen LogP contribution is -2.32. The van der Waals surface area contributed by atoms with Crippen LogP contribution in [-0.4, -0.2) is 32.5 Å². The van der Waals surface area contributed by atoms with Crippen LogP contribution in [0.15, 0.2) is 59.8 Å². The molecular formula is C20H20N4OS. The van der Waals surface area contributed by atoms with Gasteiger partial charge in [-0.1, -0.05) is 25.1 Å². The number of hydrogen-bond acceptors (Lipinski definition) is 4. The van der Waals surface area contributed by atoms with Gasteiger partial charge in [-0.2, -0.15) is 5.10 Å². The minimum absolute atomic E-state index is 0.00756. The van der Waals surface area contributed by atoms with Crippen molar-refractivity contribution in [1.82, 2.24) is 14.8 Å². The molecule has 0 saturated heterocycles. The smallest absolute Gasteiger partial charge is 0.261 e. The van der Waals surface area contributed by atoms with Gasteiger partial charge in [0.1, 0.15) is 0 Å². The van der Waals surface area contributed by atoms with Crippen LogP contribution in [0, 0.1) is 6.92 Å². The van der Waals surface area contributed by atoms with Crippen LogP contribution < -0.4 is 4.90 Å². The van der Waals surface area contributed by atoms with Gasteiger partial charge in [-0.25, -0.2) is 9.67 Å². The zero-order chi connectivity index (χ0) is 18.1. The molecule has 5 nitrogen and oxygen atoms in total. The van der Waals surface area contributed by atoms with Gasteiger partial charge in [-0.3, -0.25) is 4.79 Å². The summed E-state index contributed by atoms with van der Waals surface area (Å²) in [6, 6.07) is 13.8. The van der Waals surface area contributed by atoms with Crippen LogP contribution in [0.4, 0.5) is 5.69 Å². The number of benzene rings is 1. The van der Waals surface area contributed by atoms with E-state index in [1.54, 1.807) is 17.1 Å². The Balaban J connectivity index is 1.72. The zero-order valence-corrected chi connectivity index (χ0v) is 15.6. The predicted molar refractivity (Wildman–Crippen MR) is 104 cm³/mol. The van der Waals surface area contributed by atoms with Crippen LogP contribution in [0.2, 0.25) is 0 Å². The number of hydrogen-bond donors (Lipinski definition) is 0. The molecule has 4 rings (SSSR count). The maximum Gasteiger partial charge on any atom is 0.261 e. The standard InChI is InChI=1S/C20H20N4OS/c1-14-10-12-23(17-7-3-4-8-18(17)26-14)20(25)16-13-22-24(15(16)2)19-9-5-6-11-21-19/h3-9,11,13-14H,10,12H2,1-2H3/t14-/m0/s1. The number of pyridine rings is 1. The highest BCUT2D eigenvalue weighted by Gasteiger charge is 2.27. The van der Waals surface area contributed by atoms with Gasteiger partial charge in [0.05, 0.1) is 23.1 Å². The second-order valence-electron chi connectivity index (χ2n) is 6.39. The number of para-hydroxylation sites is 1. The summed E-state index contributed by atoms with van der Waals surface area (Å²) in [6.07, 6.45) is 4.33. The topological polar surface area (TPSA) is 51.0 Å². The quantitative estimate of drug-likeness (QED) is 0.687. The summed E-state index contributed by atoms with van der Waals surface area (Å²) in [5.41, 5.74) is 2.40. The Bertz CT molecular complexity index is 938. The van der Waals surface area contributed by atoms with E-state index in [2.05, 4.69) is 23.1 Å². The molecule has 132 valence electrons. The van der Waals surface area contributed by atoms with Crippen LogP contribution in [0.1, 0.15) is 29.4 Å². The van der Waals surface area contributed by atoms with Crippen LogP contribution in [0.25, 0.3) is 5.82 Å². The van der Waals surface area contributed by atoms with E-state index in [-0.39, 0.29) is 5.91 Å². The Morgan fingerprint density at radius 1 is 1.19 bits per heavy atom. The van der Waals surface area contributed by atoms with Crippen molar-refractivity contribution in [1.29, 1.82) is 0 Å². The van der Waals surface area contributed by atoms with E-state index in [0.29, 0.717) is 23.2 Å². The second kappa shape index (κ2) is 6.96. The van der Waals surface area contributed by atoms with Crippen molar-refractivity contribution in [3.05, 3.63) is 66.1 Å². The molecule has 26 heavy (non-hydrogen) atoms. The van der Waals surface area contributed by atoms with E-state index in [0.717, 1.165) is 22.7 Å². The van der Waals surface area contributed by atoms with Gasteiger partial charge in [-0.15, -0.1) is 11.8 Å². The number of nitrogens with zero attached hydrogens (tertiary/aromatic N) is 4. The van der Waals surface area contributed by atoms with Gasteiger partial charge in [0.2, 0.25) is 0 Å². The molecule has 1 aliphatic heterocycles. The van der Waals surface area contributed by atoms with Gasteiger partial charge in [-0.05, 0) is 37.6 Å². The number of carbonyl (C=O) groups excluding carboxylic acids is 1. The number of thioether (sulfide) groups is 1. The first-order valence-corrected chi connectivity index (χ1v) is 9.56. The van der Waals surface area contributed by atoms with Crippen LogP contribution in [0.5, 0.6) is 0 Å². The Morgan fingerprint density at radius 3 is 2.81 bits per heavy atom. The molecule has 6 heteroatoms. The maximum atomic E-state index is 13.3. The third-order valence-electron chi connectivity index (χ3n) is 4.60. The maximum absolute atomic E-state index is 13.3. The molecule has 0 bridgehead atoms. The van der Waals surface area contributed by atoms with Crippen LogP contribution in [0.3, 0.4) is 0 Å². The highest BCUT2D eigenvalue weighted by Crippen LogP contribution is 2.38. The minimum Gasteiger partial charge on any atom is -0.307 e. The number of anilines is 1. The Kier molecular flexibility index (Phi) is 4.51. The molecule has 0 unspecified atom stereocenters. The van der Waals surface area contributed by atoms with E-state index in [4.69, 9.17) is 0 Å². The first-order chi connectivity index (χ1) is 12.6. The van der Waals surface area contributed by atoms with Crippen molar-refractivity contribution in [2.75, 3.05) is 11.4 Å². The molecule has 1 aromatic carbocycles. The van der Waals surface area contributed by atoms with Gasteiger partial charge in [0, 0.05) is 22.9 Å². The molecule has 3 aromatic rings. The summed E-state index contributed by atoms with van der Waals surface area (Å²) >= 11 is 1.83. The Hall–Kier alpha value is -2.60. The van der Waals surface area contributed by atoms with Crippen molar-refractivity contribution in [3.63, 3.8) is 0 Å². The molecule has 2 aromatic heterocycles.